The zero-order chi connectivity index (χ0) is 17.7. The van der Waals surface area contributed by atoms with Gasteiger partial charge in [0.2, 0.25) is 5.91 Å². The highest BCUT2D eigenvalue weighted by Gasteiger charge is 2.32. The minimum atomic E-state index is -3.09. The molecule has 1 aliphatic rings. The summed E-state index contributed by atoms with van der Waals surface area (Å²) in [5.41, 5.74) is -0.0731. The Kier molecular flexibility index (Phi) is 5.79. The number of halogens is 3. The monoisotopic (exact) mass is 361 g/mol. The van der Waals surface area contributed by atoms with E-state index in [1.807, 2.05) is 0 Å². The van der Waals surface area contributed by atoms with E-state index in [0.29, 0.717) is 0 Å². The first-order valence-electron chi connectivity index (χ1n) is 6.40. The number of nitrogens with one attached hydrogen (secondary N) is 1. The van der Waals surface area contributed by atoms with Gasteiger partial charge in [0.05, 0.1) is 12.6 Å². The molecule has 11 heteroatoms. The van der Waals surface area contributed by atoms with E-state index >= 15 is 0 Å². The van der Waals surface area contributed by atoms with Gasteiger partial charge in [-0.25, -0.2) is 4.39 Å². The molecule has 1 heterocycles. The number of amidine groups is 1. The van der Waals surface area contributed by atoms with Crippen LogP contribution in [0.15, 0.2) is 28.4 Å². The average molecular weight is 361 g/mol. The quantitative estimate of drug-likeness (QED) is 0.595. The molecule has 1 saturated heterocycles. The van der Waals surface area contributed by atoms with Gasteiger partial charge in [0.1, 0.15) is 16.8 Å². The van der Waals surface area contributed by atoms with Crippen molar-refractivity contribution in [3.05, 3.63) is 29.6 Å². The van der Waals surface area contributed by atoms with Crippen LogP contribution in [0, 0.1) is 5.82 Å². The van der Waals surface area contributed by atoms with Crippen molar-refractivity contribution in [2.24, 2.45) is 10.2 Å². The van der Waals surface area contributed by atoms with E-state index < -0.39 is 29.6 Å². The number of carboxylic acids is 1. The van der Waals surface area contributed by atoms with Crippen LogP contribution in [0.4, 0.5) is 13.2 Å². The van der Waals surface area contributed by atoms with E-state index in [9.17, 15) is 22.8 Å². The topological polar surface area (TPSA) is 100 Å². The van der Waals surface area contributed by atoms with Crippen LogP contribution in [-0.2, 0) is 9.59 Å². The maximum Gasteiger partial charge on any atom is 0.387 e. The molecule has 2 rings (SSSR count). The molecule has 1 fully saturated rings. The third-order valence-corrected chi connectivity index (χ3v) is 3.74. The Balaban J connectivity index is 2.10. The van der Waals surface area contributed by atoms with Crippen LogP contribution < -0.4 is 10.1 Å². The fourth-order valence-electron chi connectivity index (χ4n) is 1.71. The van der Waals surface area contributed by atoms with Gasteiger partial charge < -0.3 is 15.2 Å². The molecule has 1 atom stereocenters. The first-order valence-corrected chi connectivity index (χ1v) is 7.28. The Morgan fingerprint density at radius 1 is 1.50 bits per heavy atom. The predicted octanol–water partition coefficient (Wildman–Crippen LogP) is 1.82. The second-order valence-corrected chi connectivity index (χ2v) is 5.60. The molecule has 0 aliphatic carbocycles. The molecule has 1 unspecified atom stereocenters. The number of nitrogens with zero attached hydrogens (tertiary/aromatic N) is 2. The number of aliphatic carboxylic acids is 1. The van der Waals surface area contributed by atoms with Crippen molar-refractivity contribution in [3.63, 3.8) is 0 Å². The second-order valence-electron chi connectivity index (χ2n) is 4.40. The van der Waals surface area contributed by atoms with E-state index in [2.05, 4.69) is 20.3 Å². The Bertz CT molecular complexity index is 712. The van der Waals surface area contributed by atoms with Crippen LogP contribution in [-0.4, -0.2) is 40.2 Å². The van der Waals surface area contributed by atoms with Gasteiger partial charge in [-0.3, -0.25) is 9.59 Å². The fraction of sp³-hybridized carbons (Fsp3) is 0.231. The zero-order valence-corrected chi connectivity index (χ0v) is 12.6. The first kappa shape index (κ1) is 17.8. The highest BCUT2D eigenvalue weighted by atomic mass is 32.2. The number of ether oxygens (including phenoxy) is 1. The van der Waals surface area contributed by atoms with Gasteiger partial charge in [-0.1, -0.05) is 11.8 Å². The molecular weight excluding hydrogens is 351 g/mol. The number of carboxylic acid groups (broad SMARTS) is 1. The van der Waals surface area contributed by atoms with Gasteiger partial charge in [0.25, 0.3) is 0 Å². The molecule has 128 valence electrons. The minimum Gasteiger partial charge on any atom is -0.481 e. The number of alkyl halides is 2. The molecule has 7 nitrogen and oxygen atoms in total. The summed E-state index contributed by atoms with van der Waals surface area (Å²) in [6, 6.07) is 2.89. The molecule has 24 heavy (non-hydrogen) atoms. The van der Waals surface area contributed by atoms with Crippen molar-refractivity contribution in [2.75, 3.05) is 0 Å². The molecule has 1 aromatic rings. The van der Waals surface area contributed by atoms with Gasteiger partial charge in [0, 0.05) is 5.56 Å². The summed E-state index contributed by atoms with van der Waals surface area (Å²) in [4.78, 5) is 22.1. The molecule has 1 aliphatic heterocycles. The molecule has 0 saturated carbocycles. The lowest BCUT2D eigenvalue weighted by atomic mass is 10.2. The maximum absolute atomic E-state index is 13.2. The van der Waals surface area contributed by atoms with Gasteiger partial charge in [-0.05, 0) is 18.2 Å². The molecule has 1 aromatic carbocycles. The number of carbonyl (C=O) groups is 2. The molecule has 0 bridgehead atoms. The van der Waals surface area contributed by atoms with Crippen molar-refractivity contribution >= 4 is 35.0 Å². The zero-order valence-electron chi connectivity index (χ0n) is 11.8. The molecule has 1 amide bonds. The average Bonchev–Trinajstić information content (AvgIpc) is 2.81. The third-order valence-electron chi connectivity index (χ3n) is 2.67. The van der Waals surface area contributed by atoms with Crippen molar-refractivity contribution < 1.29 is 32.6 Å². The van der Waals surface area contributed by atoms with E-state index in [1.54, 1.807) is 0 Å². The summed E-state index contributed by atoms with van der Waals surface area (Å²) < 4.78 is 41.9. The third kappa shape index (κ3) is 4.98. The van der Waals surface area contributed by atoms with Crippen molar-refractivity contribution in [1.29, 1.82) is 0 Å². The summed E-state index contributed by atoms with van der Waals surface area (Å²) >= 11 is 0.870. The number of benzene rings is 1. The second kappa shape index (κ2) is 7.81. The van der Waals surface area contributed by atoms with E-state index in [1.165, 1.54) is 0 Å². The van der Waals surface area contributed by atoms with Crippen molar-refractivity contribution in [2.45, 2.75) is 18.3 Å². The Labute approximate surface area is 137 Å². The van der Waals surface area contributed by atoms with Gasteiger partial charge in [-0.2, -0.15) is 13.9 Å². The van der Waals surface area contributed by atoms with Crippen molar-refractivity contribution in [3.8, 4) is 5.75 Å². The number of rotatable bonds is 6. The van der Waals surface area contributed by atoms with Crippen LogP contribution in [0.1, 0.15) is 12.0 Å². The maximum atomic E-state index is 13.2. The summed E-state index contributed by atoms with van der Waals surface area (Å²) in [5, 5.41) is 17.4. The number of hydrogen-bond acceptors (Lipinski definition) is 6. The number of carbonyl (C=O) groups excluding carboxylic acids is 1. The normalized spacial score (nSPS) is 19.2. The number of hydrogen-bond donors (Lipinski definition) is 2. The molecule has 2 N–H and O–H groups in total. The number of amides is 1. The van der Waals surface area contributed by atoms with Gasteiger partial charge >= 0.3 is 12.6 Å². The predicted molar refractivity (Wildman–Crippen MR) is 79.8 cm³/mol. The van der Waals surface area contributed by atoms with E-state index in [-0.39, 0.29) is 22.9 Å². The van der Waals surface area contributed by atoms with Crippen LogP contribution in [0.5, 0.6) is 5.75 Å². The van der Waals surface area contributed by atoms with E-state index in [4.69, 9.17) is 5.11 Å². The molecule has 0 aromatic heterocycles. The Morgan fingerprint density at radius 3 is 2.92 bits per heavy atom. The first-order chi connectivity index (χ1) is 11.3. The van der Waals surface area contributed by atoms with Crippen LogP contribution in [0.25, 0.3) is 0 Å². The summed E-state index contributed by atoms with van der Waals surface area (Å²) in [5.74, 6) is -2.64. The Hall–Kier alpha value is -2.56. The highest BCUT2D eigenvalue weighted by molar-refractivity contribution is 8.15. The highest BCUT2D eigenvalue weighted by Crippen LogP contribution is 2.23. The summed E-state index contributed by atoms with van der Waals surface area (Å²) in [7, 11) is 0. The molecule has 0 radical (unpaired) electrons. The summed E-state index contributed by atoms with van der Waals surface area (Å²) in [6.07, 6.45) is 0.598. The standard InChI is InChI=1S/C13H10F3N3O4S/c14-7-1-2-8(23-12(15)16)6(3-7)5-17-19-13-18-11(22)9(24-13)4-10(20)21/h1-3,5,9,12H,4H2,(H,20,21)(H,18,19,22). The number of thioether (sulfide) groups is 1. The van der Waals surface area contributed by atoms with Gasteiger partial charge in [-0.15, -0.1) is 5.10 Å². The largest absolute Gasteiger partial charge is 0.481 e. The lowest BCUT2D eigenvalue weighted by Gasteiger charge is -2.06. The van der Waals surface area contributed by atoms with Crippen LogP contribution in [0.3, 0.4) is 0 Å². The van der Waals surface area contributed by atoms with Crippen molar-refractivity contribution in [1.82, 2.24) is 5.32 Å². The molecular formula is C13H10F3N3O4S. The van der Waals surface area contributed by atoms with Crippen LogP contribution >= 0.6 is 11.8 Å². The minimum absolute atomic E-state index is 0.0511. The fourth-order valence-corrected chi connectivity index (χ4v) is 2.63. The lowest BCUT2D eigenvalue weighted by molar-refractivity contribution is -0.138. The SMILES string of the molecule is O=C(O)CC1SC(=NN=Cc2cc(F)ccc2OC(F)F)NC1=O. The van der Waals surface area contributed by atoms with E-state index in [0.717, 1.165) is 36.2 Å². The lowest BCUT2D eigenvalue weighted by Crippen LogP contribution is -2.26. The van der Waals surface area contributed by atoms with Gasteiger partial charge in [0.15, 0.2) is 5.17 Å². The van der Waals surface area contributed by atoms with Crippen LogP contribution in [0.2, 0.25) is 0 Å². The Morgan fingerprint density at radius 2 is 2.25 bits per heavy atom. The summed E-state index contributed by atoms with van der Waals surface area (Å²) in [6.45, 7) is -3.09. The molecule has 0 spiro atoms. The smallest absolute Gasteiger partial charge is 0.387 e.